The zero-order valence-electron chi connectivity index (χ0n) is 16.2. The molecule has 2 N–H and O–H groups in total. The minimum Gasteiger partial charge on any atom is -0.383 e. The lowest BCUT2D eigenvalue weighted by molar-refractivity contribution is -0.123. The van der Waals surface area contributed by atoms with Gasteiger partial charge in [-0.2, -0.15) is 13.2 Å². The number of aldehydes is 1. The molecule has 1 aliphatic rings. The molecule has 1 saturated carbocycles. The van der Waals surface area contributed by atoms with E-state index in [1.807, 2.05) is 0 Å². The Balaban J connectivity index is 1.84. The third-order valence-corrected chi connectivity index (χ3v) is 7.38. The Kier molecular flexibility index (Phi) is 7.37. The summed E-state index contributed by atoms with van der Waals surface area (Å²) in [5.74, 6) is -2.54. The highest BCUT2D eigenvalue weighted by Gasteiger charge is 2.76. The molecule has 4 nitrogen and oxygen atoms in total. The van der Waals surface area contributed by atoms with Crippen LogP contribution in [0.5, 0.6) is 0 Å². The second-order valence-corrected chi connectivity index (χ2v) is 9.90. The minimum absolute atomic E-state index is 0.103. The van der Waals surface area contributed by atoms with Crippen molar-refractivity contribution in [3.63, 3.8) is 0 Å². The number of alkyl halides is 5. The molecule has 2 aromatic carbocycles. The predicted molar refractivity (Wildman–Crippen MR) is 120 cm³/mol. The van der Waals surface area contributed by atoms with Gasteiger partial charge in [0.25, 0.3) is 5.91 Å². The van der Waals surface area contributed by atoms with Crippen LogP contribution in [-0.2, 0) is 4.79 Å². The van der Waals surface area contributed by atoms with Crippen molar-refractivity contribution in [1.29, 1.82) is 0 Å². The van der Waals surface area contributed by atoms with E-state index in [1.54, 1.807) is 5.32 Å². The molecular formula is C20H13Cl5F4N2O2. The van der Waals surface area contributed by atoms with Crippen molar-refractivity contribution < 1.29 is 27.2 Å². The lowest BCUT2D eigenvalue weighted by Crippen LogP contribution is -2.34. The van der Waals surface area contributed by atoms with E-state index in [2.05, 4.69) is 5.32 Å². The molecule has 0 saturated heterocycles. The zero-order valence-corrected chi connectivity index (χ0v) is 20.0. The fraction of sp³-hybridized carbons (Fsp3) is 0.300. The van der Waals surface area contributed by atoms with Gasteiger partial charge in [0, 0.05) is 12.5 Å². The summed E-state index contributed by atoms with van der Waals surface area (Å²) in [5, 5.41) is 3.92. The number of hydrogen-bond acceptors (Lipinski definition) is 3. The summed E-state index contributed by atoms with van der Waals surface area (Å²) < 4.78 is 49.2. The molecule has 13 heteroatoms. The highest BCUT2D eigenvalue weighted by molar-refractivity contribution is 6.54. The van der Waals surface area contributed by atoms with Gasteiger partial charge in [-0.15, -0.1) is 0 Å². The summed E-state index contributed by atoms with van der Waals surface area (Å²) in [7, 11) is 0. The van der Waals surface area contributed by atoms with Gasteiger partial charge < -0.3 is 15.4 Å². The largest absolute Gasteiger partial charge is 0.405 e. The van der Waals surface area contributed by atoms with E-state index in [-0.39, 0.29) is 32.9 Å². The number of benzene rings is 2. The summed E-state index contributed by atoms with van der Waals surface area (Å²) >= 11 is 30.8. The van der Waals surface area contributed by atoms with Crippen LogP contribution in [0.25, 0.3) is 0 Å². The quantitative estimate of drug-likeness (QED) is 0.224. The van der Waals surface area contributed by atoms with Crippen LogP contribution in [0.2, 0.25) is 15.1 Å². The summed E-state index contributed by atoms with van der Waals surface area (Å²) in [5.41, 5.74) is -1.23. The van der Waals surface area contributed by atoms with E-state index in [0.717, 1.165) is 6.07 Å². The Morgan fingerprint density at radius 2 is 1.76 bits per heavy atom. The van der Waals surface area contributed by atoms with E-state index in [0.29, 0.717) is 11.8 Å². The molecule has 2 aromatic rings. The highest BCUT2D eigenvalue weighted by Crippen LogP contribution is 2.73. The Bertz CT molecular complexity index is 1110. The molecule has 3 rings (SSSR count). The monoisotopic (exact) mass is 564 g/mol. The smallest absolute Gasteiger partial charge is 0.383 e. The highest BCUT2D eigenvalue weighted by atomic mass is 35.5. The van der Waals surface area contributed by atoms with Crippen LogP contribution >= 0.6 is 58.0 Å². The lowest BCUT2D eigenvalue weighted by Gasteiger charge is -2.17. The average Bonchev–Trinajstić information content (AvgIpc) is 3.22. The van der Waals surface area contributed by atoms with E-state index < -0.39 is 40.1 Å². The number of rotatable bonds is 7. The van der Waals surface area contributed by atoms with Gasteiger partial charge in [0.2, 0.25) is 0 Å². The molecule has 0 aromatic heterocycles. The summed E-state index contributed by atoms with van der Waals surface area (Å²) in [6.45, 7) is -1.75. The fourth-order valence-electron chi connectivity index (χ4n) is 3.49. The molecule has 2 unspecified atom stereocenters. The number of halogens is 9. The van der Waals surface area contributed by atoms with Crippen LogP contribution in [0.4, 0.5) is 23.2 Å². The number of nitrogens with one attached hydrogen (secondary N) is 2. The molecule has 1 amide bonds. The topological polar surface area (TPSA) is 58.2 Å². The SMILES string of the molecule is O=CC1(CNc2ccc(Cl)c(C(=O)NCC(F)(F)F)c2Cl)C(c2ccc(F)c(Cl)c2)C1(Cl)Cl. The fourth-order valence-corrected chi connectivity index (χ4v) is 5.26. The normalized spacial score (nSPS) is 21.4. The minimum atomic E-state index is -4.63. The van der Waals surface area contributed by atoms with Crippen molar-refractivity contribution in [2.24, 2.45) is 5.41 Å². The van der Waals surface area contributed by atoms with Crippen molar-refractivity contribution >= 4 is 75.9 Å². The van der Waals surface area contributed by atoms with E-state index in [9.17, 15) is 27.2 Å². The third kappa shape index (κ3) is 5.00. The van der Waals surface area contributed by atoms with Crippen LogP contribution < -0.4 is 10.6 Å². The van der Waals surface area contributed by atoms with Gasteiger partial charge in [-0.1, -0.05) is 64.1 Å². The summed E-state index contributed by atoms with van der Waals surface area (Å²) in [6.07, 6.45) is -4.09. The first-order valence-electron chi connectivity index (χ1n) is 9.11. The van der Waals surface area contributed by atoms with Gasteiger partial charge in [-0.3, -0.25) is 4.79 Å². The Hall–Kier alpha value is -1.45. The van der Waals surface area contributed by atoms with Crippen molar-refractivity contribution in [2.75, 3.05) is 18.4 Å². The molecule has 1 aliphatic carbocycles. The predicted octanol–water partition coefficient (Wildman–Crippen LogP) is 6.65. The van der Waals surface area contributed by atoms with Crippen molar-refractivity contribution in [2.45, 2.75) is 16.4 Å². The third-order valence-electron chi connectivity index (χ3n) is 5.24. The number of carbonyl (C=O) groups is 2. The first-order chi connectivity index (χ1) is 15.2. The van der Waals surface area contributed by atoms with Gasteiger partial charge in [0.1, 0.15) is 23.0 Å². The lowest BCUT2D eigenvalue weighted by atomic mass is 10.00. The first kappa shape index (κ1) is 26.2. The van der Waals surface area contributed by atoms with Crippen LogP contribution in [-0.4, -0.2) is 35.8 Å². The number of carbonyl (C=O) groups excluding carboxylic acids is 2. The summed E-state index contributed by atoms with van der Waals surface area (Å²) in [6, 6.07) is 6.45. The molecule has 0 bridgehead atoms. The molecule has 178 valence electrons. The maximum Gasteiger partial charge on any atom is 0.405 e. The Morgan fingerprint density at radius 3 is 2.33 bits per heavy atom. The van der Waals surface area contributed by atoms with Crippen LogP contribution in [0.1, 0.15) is 21.8 Å². The zero-order chi connectivity index (χ0) is 24.8. The van der Waals surface area contributed by atoms with Crippen molar-refractivity contribution in [3.05, 3.63) is 62.3 Å². The van der Waals surface area contributed by atoms with E-state index in [1.165, 1.54) is 24.3 Å². The Labute approximate surface area is 210 Å². The summed E-state index contributed by atoms with van der Waals surface area (Å²) in [4.78, 5) is 24.2. The number of hydrogen-bond donors (Lipinski definition) is 2. The van der Waals surface area contributed by atoms with Gasteiger partial charge in [-0.25, -0.2) is 4.39 Å². The van der Waals surface area contributed by atoms with Gasteiger partial charge in [0.05, 0.1) is 31.7 Å². The number of amides is 1. The van der Waals surface area contributed by atoms with Crippen LogP contribution in [0.15, 0.2) is 30.3 Å². The van der Waals surface area contributed by atoms with E-state index >= 15 is 0 Å². The first-order valence-corrected chi connectivity index (χ1v) is 11.0. The molecule has 0 aliphatic heterocycles. The van der Waals surface area contributed by atoms with Gasteiger partial charge >= 0.3 is 6.18 Å². The second-order valence-electron chi connectivity index (χ2n) is 7.32. The Morgan fingerprint density at radius 1 is 1.09 bits per heavy atom. The van der Waals surface area contributed by atoms with Gasteiger partial charge in [0.15, 0.2) is 0 Å². The maximum atomic E-state index is 13.5. The average molecular weight is 567 g/mol. The molecule has 0 spiro atoms. The molecule has 1 fully saturated rings. The second kappa shape index (κ2) is 9.30. The number of anilines is 1. The molecule has 0 heterocycles. The van der Waals surface area contributed by atoms with Crippen molar-refractivity contribution in [1.82, 2.24) is 5.32 Å². The van der Waals surface area contributed by atoms with Crippen LogP contribution in [0, 0.1) is 11.2 Å². The molecule has 2 atom stereocenters. The van der Waals surface area contributed by atoms with Crippen molar-refractivity contribution in [3.8, 4) is 0 Å². The standard InChI is InChI=1S/C20H13Cl5F4N2O2/c21-10-2-4-13(15(23)14(10)17(33)31-7-19(27,28)29)30-6-18(8-32)16(20(18,24)25)9-1-3-12(26)11(22)5-9/h1-5,8,16,30H,6-7H2,(H,31,33). The van der Waals surface area contributed by atoms with Crippen LogP contribution in [0.3, 0.4) is 0 Å². The molecule has 33 heavy (non-hydrogen) atoms. The maximum absolute atomic E-state index is 13.5. The molecule has 0 radical (unpaired) electrons. The molecular weight excluding hydrogens is 553 g/mol. The van der Waals surface area contributed by atoms with Gasteiger partial charge in [-0.05, 0) is 29.8 Å². The van der Waals surface area contributed by atoms with E-state index in [4.69, 9.17) is 58.0 Å².